The Morgan fingerprint density at radius 3 is 1.89 bits per heavy atom. The third-order valence-corrected chi connectivity index (χ3v) is 4.32. The summed E-state index contributed by atoms with van der Waals surface area (Å²) in [5.41, 5.74) is -0.955. The molecule has 0 bridgehead atoms. The van der Waals surface area contributed by atoms with E-state index < -0.39 is 53.6 Å². The molecule has 152 valence electrons. The number of carbonyl (C=O) groups excluding carboxylic acids is 5. The summed E-state index contributed by atoms with van der Waals surface area (Å²) in [5.74, 6) is -2.43. The van der Waals surface area contributed by atoms with E-state index in [4.69, 9.17) is 18.9 Å². The number of hydrogen-bond donors (Lipinski definition) is 1. The molecule has 0 aromatic heterocycles. The van der Waals surface area contributed by atoms with Gasteiger partial charge in [-0.2, -0.15) is 0 Å². The van der Waals surface area contributed by atoms with E-state index in [9.17, 15) is 24.0 Å². The van der Waals surface area contributed by atoms with Crippen LogP contribution in [0.4, 0.5) is 0 Å². The fourth-order valence-electron chi connectivity index (χ4n) is 2.55. The number of hydrogen-bond acceptors (Lipinski definition) is 10. The standard InChI is InChI=1S/C16H23NO9S/c1-7(18)17-13-15(25-10(4)21)14(24-9(3)20)12(6-23-8(2)19)26-16(13)27-11(5)22/h12-16H,6H2,1-5H3,(H,17,18)/t12-,13-,14-,15-,16+/m1/s1. The Hall–Kier alpha value is -2.14. The lowest BCUT2D eigenvalue weighted by molar-refractivity contribution is -0.211. The zero-order chi connectivity index (χ0) is 20.7. The van der Waals surface area contributed by atoms with Crippen LogP contribution in [-0.4, -0.2) is 65.3 Å². The Labute approximate surface area is 160 Å². The van der Waals surface area contributed by atoms with E-state index in [1.165, 1.54) is 20.8 Å². The lowest BCUT2D eigenvalue weighted by Gasteiger charge is -2.44. The Bertz CT molecular complexity index is 609. The molecule has 0 saturated carbocycles. The Kier molecular flexibility index (Phi) is 8.70. The summed E-state index contributed by atoms with van der Waals surface area (Å²) >= 11 is 0.767. The highest BCUT2D eigenvalue weighted by atomic mass is 32.2. The zero-order valence-corrected chi connectivity index (χ0v) is 16.5. The third-order valence-electron chi connectivity index (χ3n) is 3.35. The van der Waals surface area contributed by atoms with Crippen LogP contribution in [0.25, 0.3) is 0 Å². The normalized spacial score (nSPS) is 27.2. The average Bonchev–Trinajstić information content (AvgIpc) is 2.49. The van der Waals surface area contributed by atoms with Gasteiger partial charge in [-0.15, -0.1) is 0 Å². The van der Waals surface area contributed by atoms with E-state index in [-0.39, 0.29) is 11.7 Å². The van der Waals surface area contributed by atoms with Crippen LogP contribution >= 0.6 is 11.8 Å². The molecule has 0 aromatic rings. The van der Waals surface area contributed by atoms with Crippen LogP contribution in [0.1, 0.15) is 34.6 Å². The van der Waals surface area contributed by atoms with Gasteiger partial charge in [0.25, 0.3) is 0 Å². The van der Waals surface area contributed by atoms with Crippen molar-refractivity contribution in [2.45, 2.75) is 64.4 Å². The molecule has 1 amide bonds. The predicted octanol–water partition coefficient (Wildman–Crippen LogP) is -0.0778. The van der Waals surface area contributed by atoms with Gasteiger partial charge in [-0.25, -0.2) is 0 Å². The number of rotatable bonds is 6. The molecule has 1 saturated heterocycles. The number of esters is 3. The number of ether oxygens (including phenoxy) is 4. The van der Waals surface area contributed by atoms with E-state index in [1.54, 1.807) is 0 Å². The molecule has 0 spiro atoms. The van der Waals surface area contributed by atoms with E-state index in [0.717, 1.165) is 25.6 Å². The second kappa shape index (κ2) is 10.3. The largest absolute Gasteiger partial charge is 0.463 e. The first kappa shape index (κ1) is 22.9. The number of carbonyl (C=O) groups is 5. The van der Waals surface area contributed by atoms with Gasteiger partial charge in [0.2, 0.25) is 5.91 Å². The molecule has 10 nitrogen and oxygen atoms in total. The summed E-state index contributed by atoms with van der Waals surface area (Å²) in [7, 11) is 0. The van der Waals surface area contributed by atoms with Gasteiger partial charge in [0.05, 0.1) is 0 Å². The van der Waals surface area contributed by atoms with Gasteiger partial charge in [-0.1, -0.05) is 11.8 Å². The summed E-state index contributed by atoms with van der Waals surface area (Å²) < 4.78 is 21.2. The molecule has 0 unspecified atom stereocenters. The van der Waals surface area contributed by atoms with Crippen molar-refractivity contribution in [2.24, 2.45) is 0 Å². The van der Waals surface area contributed by atoms with Crippen molar-refractivity contribution in [1.82, 2.24) is 5.32 Å². The molecule has 5 atom stereocenters. The third kappa shape index (κ3) is 7.55. The summed E-state index contributed by atoms with van der Waals surface area (Å²) in [5, 5.41) is 2.26. The topological polar surface area (TPSA) is 134 Å². The monoisotopic (exact) mass is 405 g/mol. The molecule has 27 heavy (non-hydrogen) atoms. The summed E-state index contributed by atoms with van der Waals surface area (Å²) in [6.07, 6.45) is -3.32. The average molecular weight is 405 g/mol. The van der Waals surface area contributed by atoms with Gasteiger partial charge in [0.1, 0.15) is 24.2 Å². The maximum atomic E-state index is 11.6. The van der Waals surface area contributed by atoms with Crippen LogP contribution < -0.4 is 5.32 Å². The molecule has 1 aliphatic rings. The fourth-order valence-corrected chi connectivity index (χ4v) is 3.45. The minimum absolute atomic E-state index is 0.299. The Balaban J connectivity index is 3.29. The van der Waals surface area contributed by atoms with Crippen LogP contribution in [0.15, 0.2) is 0 Å². The van der Waals surface area contributed by atoms with Crippen molar-refractivity contribution in [2.75, 3.05) is 6.61 Å². The van der Waals surface area contributed by atoms with Crippen molar-refractivity contribution in [3.63, 3.8) is 0 Å². The second-order valence-electron chi connectivity index (χ2n) is 5.83. The molecule has 11 heteroatoms. The van der Waals surface area contributed by atoms with E-state index in [2.05, 4.69) is 5.32 Å². The first-order valence-electron chi connectivity index (χ1n) is 8.08. The van der Waals surface area contributed by atoms with E-state index >= 15 is 0 Å². The second-order valence-corrected chi connectivity index (χ2v) is 7.10. The van der Waals surface area contributed by atoms with Crippen LogP contribution in [-0.2, 0) is 42.9 Å². The molecule has 0 aromatic carbocycles. The lowest BCUT2D eigenvalue weighted by Crippen LogP contribution is -2.65. The van der Waals surface area contributed by atoms with Crippen LogP contribution in [0.3, 0.4) is 0 Å². The van der Waals surface area contributed by atoms with Crippen LogP contribution in [0, 0.1) is 0 Å². The quantitative estimate of drug-likeness (QED) is 0.472. The van der Waals surface area contributed by atoms with E-state index in [0.29, 0.717) is 0 Å². The van der Waals surface area contributed by atoms with Crippen molar-refractivity contribution >= 4 is 40.7 Å². The number of thioether (sulfide) groups is 1. The highest BCUT2D eigenvalue weighted by Gasteiger charge is 2.51. The lowest BCUT2D eigenvalue weighted by atomic mass is 9.97. The first-order chi connectivity index (χ1) is 12.5. The maximum absolute atomic E-state index is 11.6. The van der Waals surface area contributed by atoms with E-state index in [1.807, 2.05) is 0 Å². The first-order valence-corrected chi connectivity index (χ1v) is 8.96. The molecule has 0 aliphatic carbocycles. The maximum Gasteiger partial charge on any atom is 0.303 e. The van der Waals surface area contributed by atoms with Crippen molar-refractivity contribution in [3.8, 4) is 0 Å². The van der Waals surface area contributed by atoms with Crippen molar-refractivity contribution in [1.29, 1.82) is 0 Å². The molecular formula is C16H23NO9S. The summed E-state index contributed by atoms with van der Waals surface area (Å²) in [6, 6.07) is -0.974. The zero-order valence-electron chi connectivity index (χ0n) is 15.7. The SMILES string of the molecule is CC(=O)N[C@@H]1[C@@H](OC(C)=O)[C@H](OC(C)=O)[C@@H](COC(C)=O)O[C@H]1SC(C)=O. The minimum Gasteiger partial charge on any atom is -0.463 e. The van der Waals surface area contributed by atoms with Gasteiger partial charge >= 0.3 is 17.9 Å². The van der Waals surface area contributed by atoms with Crippen molar-refractivity contribution in [3.05, 3.63) is 0 Å². The Morgan fingerprint density at radius 1 is 0.889 bits per heavy atom. The molecule has 1 aliphatic heterocycles. The van der Waals surface area contributed by atoms with Gasteiger partial charge in [0.15, 0.2) is 17.3 Å². The van der Waals surface area contributed by atoms with Gasteiger partial charge < -0.3 is 24.3 Å². The van der Waals surface area contributed by atoms with Gasteiger partial charge in [-0.05, 0) is 0 Å². The van der Waals surface area contributed by atoms with Gasteiger partial charge in [0, 0.05) is 34.6 Å². The summed E-state index contributed by atoms with van der Waals surface area (Å²) in [6.45, 7) is 5.74. The van der Waals surface area contributed by atoms with Crippen molar-refractivity contribution < 1.29 is 42.9 Å². The highest BCUT2D eigenvalue weighted by Crippen LogP contribution is 2.32. The smallest absolute Gasteiger partial charge is 0.303 e. The van der Waals surface area contributed by atoms with Crippen LogP contribution in [0.2, 0.25) is 0 Å². The van der Waals surface area contributed by atoms with Crippen LogP contribution in [0.5, 0.6) is 0 Å². The molecule has 1 rings (SSSR count). The Morgan fingerprint density at radius 2 is 1.44 bits per heavy atom. The fraction of sp³-hybridized carbons (Fsp3) is 0.688. The molecule has 1 N–H and O–H groups in total. The molecular weight excluding hydrogens is 382 g/mol. The molecule has 1 heterocycles. The predicted molar refractivity (Wildman–Crippen MR) is 92.3 cm³/mol. The van der Waals surface area contributed by atoms with Gasteiger partial charge in [-0.3, -0.25) is 24.0 Å². The minimum atomic E-state index is -1.16. The number of nitrogens with one attached hydrogen (secondary N) is 1. The highest BCUT2D eigenvalue weighted by molar-refractivity contribution is 8.14. The number of amides is 1. The molecule has 1 fully saturated rings. The summed E-state index contributed by atoms with van der Waals surface area (Å²) in [4.78, 5) is 57.5. The molecule has 0 radical (unpaired) electrons.